The van der Waals surface area contributed by atoms with E-state index in [1.54, 1.807) is 0 Å². The normalized spacial score (nSPS) is 10.5. The molecule has 0 aromatic heterocycles. The van der Waals surface area contributed by atoms with Gasteiger partial charge in [0.15, 0.2) is 0 Å². The number of nitrogens with one attached hydrogen (secondary N) is 1. The lowest BCUT2D eigenvalue weighted by atomic mass is 10.0. The number of carbonyl (C=O) groups excluding carboxylic acids is 1. The van der Waals surface area contributed by atoms with Gasteiger partial charge in [0.05, 0.1) is 0 Å². The lowest BCUT2D eigenvalue weighted by molar-refractivity contribution is -0.113. The highest BCUT2D eigenvalue weighted by Gasteiger charge is 2.09. The van der Waals surface area contributed by atoms with E-state index in [0.29, 0.717) is 5.92 Å². The maximum absolute atomic E-state index is 11.2. The lowest BCUT2D eigenvalue weighted by Crippen LogP contribution is -2.14. The second-order valence-electron chi connectivity index (χ2n) is 3.57. The second kappa shape index (κ2) is 5.52. The number of carbonyl (C=O) groups is 1. The molecule has 1 amide bonds. The molecule has 0 bridgehead atoms. The van der Waals surface area contributed by atoms with Gasteiger partial charge in [0.2, 0.25) is 5.91 Å². The molecule has 0 atom stereocenters. The Hall–Kier alpha value is -0.540. The third-order valence-corrected chi connectivity index (χ3v) is 2.77. The van der Waals surface area contributed by atoms with Gasteiger partial charge in [0, 0.05) is 10.2 Å². The summed E-state index contributed by atoms with van der Waals surface area (Å²) in [5.74, 6) is 0.155. The summed E-state index contributed by atoms with van der Waals surface area (Å²) in [6.45, 7) is 4.16. The van der Waals surface area contributed by atoms with E-state index in [1.807, 2.05) is 18.2 Å². The van der Waals surface area contributed by atoms with Gasteiger partial charge in [0.25, 0.3) is 0 Å². The Morgan fingerprint density at radius 2 is 2.20 bits per heavy atom. The van der Waals surface area contributed by atoms with Crippen LogP contribution in [0.2, 0.25) is 0 Å². The number of anilines is 1. The third-order valence-electron chi connectivity index (χ3n) is 2.03. The Balaban J connectivity index is 3.00. The molecule has 0 spiro atoms. The molecule has 2 nitrogen and oxygen atoms in total. The van der Waals surface area contributed by atoms with Gasteiger partial charge < -0.3 is 5.32 Å². The highest BCUT2D eigenvalue weighted by molar-refractivity contribution is 9.10. The molecule has 0 fully saturated rings. The van der Waals surface area contributed by atoms with Crippen molar-refractivity contribution in [2.45, 2.75) is 19.8 Å². The van der Waals surface area contributed by atoms with Gasteiger partial charge in [0.1, 0.15) is 5.88 Å². The van der Waals surface area contributed by atoms with Gasteiger partial charge in [-0.15, -0.1) is 11.6 Å². The van der Waals surface area contributed by atoms with Crippen LogP contribution in [0.4, 0.5) is 5.69 Å². The predicted octanol–water partition coefficient (Wildman–Crippen LogP) is 3.75. The summed E-state index contributed by atoms with van der Waals surface area (Å²) in [4.78, 5) is 11.2. The smallest absolute Gasteiger partial charge is 0.239 e. The van der Waals surface area contributed by atoms with Gasteiger partial charge in [-0.2, -0.15) is 0 Å². The molecule has 0 heterocycles. The van der Waals surface area contributed by atoms with E-state index in [0.717, 1.165) is 15.7 Å². The Kier molecular flexibility index (Phi) is 4.61. The number of halogens is 2. The summed E-state index contributed by atoms with van der Waals surface area (Å²) < 4.78 is 1.01. The first kappa shape index (κ1) is 12.5. The van der Waals surface area contributed by atoms with Gasteiger partial charge in [-0.05, 0) is 29.7 Å². The van der Waals surface area contributed by atoms with E-state index >= 15 is 0 Å². The first-order chi connectivity index (χ1) is 7.04. The van der Waals surface area contributed by atoms with Gasteiger partial charge in [-0.25, -0.2) is 0 Å². The zero-order valence-electron chi connectivity index (χ0n) is 8.68. The number of hydrogen-bond donors (Lipinski definition) is 1. The summed E-state index contributed by atoms with van der Waals surface area (Å²) in [7, 11) is 0. The number of hydrogen-bond acceptors (Lipinski definition) is 1. The van der Waals surface area contributed by atoms with Crippen LogP contribution in [0, 0.1) is 0 Å². The molecule has 82 valence electrons. The van der Waals surface area contributed by atoms with Crippen LogP contribution in [-0.4, -0.2) is 11.8 Å². The third kappa shape index (κ3) is 3.50. The molecule has 1 aromatic carbocycles. The highest BCUT2D eigenvalue weighted by atomic mass is 79.9. The van der Waals surface area contributed by atoms with Crippen molar-refractivity contribution in [3.8, 4) is 0 Å². The van der Waals surface area contributed by atoms with Crippen molar-refractivity contribution in [3.05, 3.63) is 28.2 Å². The molecule has 4 heteroatoms. The Morgan fingerprint density at radius 1 is 1.53 bits per heavy atom. The van der Waals surface area contributed by atoms with Crippen molar-refractivity contribution in [2.75, 3.05) is 11.2 Å². The van der Waals surface area contributed by atoms with Crippen LogP contribution in [-0.2, 0) is 4.79 Å². The summed E-state index contributed by atoms with van der Waals surface area (Å²) in [5, 5.41) is 2.78. The van der Waals surface area contributed by atoms with Crippen molar-refractivity contribution in [3.63, 3.8) is 0 Å². The minimum Gasteiger partial charge on any atom is -0.325 e. The molecule has 15 heavy (non-hydrogen) atoms. The number of amides is 1. The summed E-state index contributed by atoms with van der Waals surface area (Å²) >= 11 is 8.85. The van der Waals surface area contributed by atoms with Crippen LogP contribution in [0.1, 0.15) is 25.3 Å². The number of rotatable bonds is 3. The summed E-state index contributed by atoms with van der Waals surface area (Å²) in [6.07, 6.45) is 0. The molecule has 0 radical (unpaired) electrons. The maximum atomic E-state index is 11.2. The van der Waals surface area contributed by atoms with E-state index < -0.39 is 0 Å². The average Bonchev–Trinajstić information content (AvgIpc) is 2.20. The van der Waals surface area contributed by atoms with E-state index in [-0.39, 0.29) is 11.8 Å². The molecular weight excluding hydrogens is 277 g/mol. The number of benzene rings is 1. The quantitative estimate of drug-likeness (QED) is 0.844. The Morgan fingerprint density at radius 3 is 2.73 bits per heavy atom. The molecule has 1 aromatic rings. The largest absolute Gasteiger partial charge is 0.325 e. The van der Waals surface area contributed by atoms with Crippen molar-refractivity contribution in [2.24, 2.45) is 0 Å². The van der Waals surface area contributed by atoms with Crippen LogP contribution in [0.5, 0.6) is 0 Å². The SMILES string of the molecule is CC(C)c1cc(Br)ccc1NC(=O)CCl. The fraction of sp³-hybridized carbons (Fsp3) is 0.364. The predicted molar refractivity (Wildman–Crippen MR) is 67.6 cm³/mol. The van der Waals surface area contributed by atoms with Crippen molar-refractivity contribution in [1.29, 1.82) is 0 Å². The van der Waals surface area contributed by atoms with E-state index in [1.165, 1.54) is 0 Å². The van der Waals surface area contributed by atoms with Crippen LogP contribution >= 0.6 is 27.5 Å². The topological polar surface area (TPSA) is 29.1 Å². The second-order valence-corrected chi connectivity index (χ2v) is 4.75. The molecule has 0 aliphatic carbocycles. The van der Waals surface area contributed by atoms with Crippen molar-refractivity contribution >= 4 is 39.1 Å². The van der Waals surface area contributed by atoms with Gasteiger partial charge in [-0.3, -0.25) is 4.79 Å². The van der Waals surface area contributed by atoms with E-state index in [2.05, 4.69) is 35.1 Å². The maximum Gasteiger partial charge on any atom is 0.239 e. The van der Waals surface area contributed by atoms with Crippen LogP contribution < -0.4 is 5.32 Å². The molecule has 0 unspecified atom stereocenters. The zero-order chi connectivity index (χ0) is 11.4. The lowest BCUT2D eigenvalue weighted by Gasteiger charge is -2.13. The van der Waals surface area contributed by atoms with Crippen molar-refractivity contribution < 1.29 is 4.79 Å². The summed E-state index contributed by atoms with van der Waals surface area (Å²) in [6, 6.07) is 5.79. The van der Waals surface area contributed by atoms with Crippen LogP contribution in [0.3, 0.4) is 0 Å². The molecule has 1 rings (SSSR count). The zero-order valence-corrected chi connectivity index (χ0v) is 11.0. The molecule has 0 aliphatic rings. The summed E-state index contributed by atoms with van der Waals surface area (Å²) in [5.41, 5.74) is 1.93. The van der Waals surface area contributed by atoms with Crippen LogP contribution in [0.15, 0.2) is 22.7 Å². The standard InChI is InChI=1S/C11H13BrClNO/c1-7(2)9-5-8(12)3-4-10(9)14-11(15)6-13/h3-5,7H,6H2,1-2H3,(H,14,15). The fourth-order valence-electron chi connectivity index (χ4n) is 1.31. The van der Waals surface area contributed by atoms with Gasteiger partial charge in [-0.1, -0.05) is 29.8 Å². The van der Waals surface area contributed by atoms with Crippen molar-refractivity contribution in [1.82, 2.24) is 0 Å². The Bertz CT molecular complexity index is 366. The monoisotopic (exact) mass is 289 g/mol. The average molecular weight is 291 g/mol. The van der Waals surface area contributed by atoms with E-state index in [4.69, 9.17) is 11.6 Å². The first-order valence-electron chi connectivity index (χ1n) is 4.70. The van der Waals surface area contributed by atoms with Crippen LogP contribution in [0.25, 0.3) is 0 Å². The molecule has 0 aliphatic heterocycles. The molecular formula is C11H13BrClNO. The minimum atomic E-state index is -0.180. The highest BCUT2D eigenvalue weighted by Crippen LogP contribution is 2.27. The number of alkyl halides is 1. The van der Waals surface area contributed by atoms with E-state index in [9.17, 15) is 4.79 Å². The molecule has 0 saturated carbocycles. The minimum absolute atomic E-state index is 0.0202. The molecule has 1 N–H and O–H groups in total. The Labute approximate surface area is 103 Å². The first-order valence-corrected chi connectivity index (χ1v) is 6.02. The fourth-order valence-corrected chi connectivity index (χ4v) is 1.75. The van der Waals surface area contributed by atoms with Gasteiger partial charge >= 0.3 is 0 Å². The molecule has 0 saturated heterocycles.